The van der Waals surface area contributed by atoms with Crippen LogP contribution in [-0.2, 0) is 25.3 Å². The number of carbonyl (C=O) groups excluding carboxylic acids is 2. The minimum atomic E-state index is -1.28. The molecule has 7 nitrogen and oxygen atoms in total. The number of hydrogen-bond donors (Lipinski definition) is 2. The molecule has 0 aromatic heterocycles. The number of alkyl carbamates (subject to hydrolysis) is 1. The molecule has 36 heavy (non-hydrogen) atoms. The topological polar surface area (TPSA) is 85.9 Å². The van der Waals surface area contributed by atoms with E-state index in [1.165, 1.54) is 6.07 Å². The number of benzene rings is 1. The second kappa shape index (κ2) is 9.01. The van der Waals surface area contributed by atoms with Gasteiger partial charge in [0.25, 0.3) is 0 Å². The van der Waals surface area contributed by atoms with Gasteiger partial charge in [-0.05, 0) is 89.7 Å². The molecule has 0 radical (unpaired) electrons. The second-order valence-electron chi connectivity index (χ2n) is 13.0. The van der Waals surface area contributed by atoms with Crippen molar-refractivity contribution in [3.63, 3.8) is 0 Å². The van der Waals surface area contributed by atoms with Gasteiger partial charge in [-0.25, -0.2) is 9.18 Å². The fourth-order valence-corrected chi connectivity index (χ4v) is 6.15. The largest absolute Gasteiger partial charge is 0.482 e. The summed E-state index contributed by atoms with van der Waals surface area (Å²) in [5.41, 5.74) is -1.82. The maximum absolute atomic E-state index is 14.6. The Morgan fingerprint density at radius 2 is 1.83 bits per heavy atom. The normalized spacial score (nSPS) is 29.6. The smallest absolute Gasteiger partial charge is 0.444 e. The second-order valence-corrected chi connectivity index (χ2v) is 13.0. The first-order valence-electron chi connectivity index (χ1n) is 12.9. The minimum absolute atomic E-state index is 0.0767. The van der Waals surface area contributed by atoms with E-state index >= 15 is 0 Å². The Balaban J connectivity index is 1.54. The summed E-state index contributed by atoms with van der Waals surface area (Å²) in [4.78, 5) is 25.8. The highest BCUT2D eigenvalue weighted by molar-refractivity contribution is 6.48. The van der Waals surface area contributed by atoms with Crippen LogP contribution in [0.4, 0.5) is 9.18 Å². The molecule has 9 heteroatoms. The van der Waals surface area contributed by atoms with Gasteiger partial charge in [-0.15, -0.1) is 0 Å². The maximum Gasteiger partial charge on any atom is 0.482 e. The van der Waals surface area contributed by atoms with Gasteiger partial charge in [0, 0.05) is 0 Å². The van der Waals surface area contributed by atoms with Crippen molar-refractivity contribution >= 4 is 19.1 Å². The Morgan fingerprint density at radius 3 is 2.44 bits per heavy atom. The van der Waals surface area contributed by atoms with Crippen molar-refractivity contribution in [2.45, 2.75) is 103 Å². The van der Waals surface area contributed by atoms with Crippen molar-refractivity contribution in [3.8, 4) is 0 Å². The van der Waals surface area contributed by atoms with E-state index < -0.39 is 41.8 Å². The van der Waals surface area contributed by atoms with Gasteiger partial charge in [-0.3, -0.25) is 4.79 Å². The molecule has 2 bridgehead atoms. The van der Waals surface area contributed by atoms with Crippen LogP contribution in [0.2, 0.25) is 0 Å². The standard InChI is InChI=1S/C27H40BFN2O5/c1-24(2,3)34-23(33)31-26(6,7)22(32)30-21(13-16-11-9-10-12-18(16)29)28-35-20-15-17-14-19(25(17,4)5)27(20,8)36-28/h9-12,17,19-21H,13-15H2,1-8H3,(H,30,32)(H,31,33)/t17?,19?,20?,21-,27?/m0/s1. The lowest BCUT2D eigenvalue weighted by molar-refractivity contribution is -0.199. The lowest BCUT2D eigenvalue weighted by Gasteiger charge is -2.64. The Hall–Kier alpha value is -2.13. The van der Waals surface area contributed by atoms with Gasteiger partial charge in [0.2, 0.25) is 5.91 Å². The summed E-state index contributed by atoms with van der Waals surface area (Å²) in [6.45, 7) is 15.1. The molecule has 0 spiro atoms. The number of hydrogen-bond acceptors (Lipinski definition) is 5. The van der Waals surface area contributed by atoms with Crippen molar-refractivity contribution in [2.75, 3.05) is 0 Å². The SMILES string of the molecule is CC(C)(C)OC(=O)NC(C)(C)C(=O)N[C@@H](Cc1ccccc1F)B1OC2CC3CC(C3(C)C)C2(C)O1. The summed E-state index contributed by atoms with van der Waals surface area (Å²) in [5.74, 6) is -0.510. The average molecular weight is 502 g/mol. The lowest BCUT2D eigenvalue weighted by Crippen LogP contribution is -2.65. The third-order valence-electron chi connectivity index (χ3n) is 8.39. The summed E-state index contributed by atoms with van der Waals surface area (Å²) in [5, 5.41) is 5.63. The van der Waals surface area contributed by atoms with E-state index in [1.807, 2.05) is 0 Å². The number of carbonyl (C=O) groups is 2. The highest BCUT2D eigenvalue weighted by Crippen LogP contribution is 2.65. The number of nitrogens with one attached hydrogen (secondary N) is 2. The number of amides is 2. The van der Waals surface area contributed by atoms with Crippen molar-refractivity contribution in [3.05, 3.63) is 35.6 Å². The van der Waals surface area contributed by atoms with E-state index in [9.17, 15) is 14.0 Å². The van der Waals surface area contributed by atoms with Gasteiger partial charge in [-0.1, -0.05) is 32.0 Å². The molecule has 4 unspecified atom stereocenters. The molecule has 1 aromatic rings. The van der Waals surface area contributed by atoms with Gasteiger partial charge >= 0.3 is 13.2 Å². The summed E-state index contributed by atoms with van der Waals surface area (Å²) < 4.78 is 33.0. The lowest BCUT2D eigenvalue weighted by atomic mass is 9.43. The van der Waals surface area contributed by atoms with Gasteiger partial charge in [-0.2, -0.15) is 0 Å². The van der Waals surface area contributed by atoms with Crippen LogP contribution < -0.4 is 10.6 Å². The molecule has 3 aliphatic carbocycles. The van der Waals surface area contributed by atoms with E-state index in [2.05, 4.69) is 31.4 Å². The first kappa shape index (κ1) is 26.9. The molecule has 1 aliphatic heterocycles. The number of ether oxygens (including phenoxy) is 1. The van der Waals surface area contributed by atoms with Crippen LogP contribution in [-0.4, -0.2) is 47.9 Å². The van der Waals surface area contributed by atoms with Crippen molar-refractivity contribution < 1.29 is 28.0 Å². The van der Waals surface area contributed by atoms with Gasteiger partial charge in [0.05, 0.1) is 17.6 Å². The van der Waals surface area contributed by atoms with Crippen LogP contribution in [0.5, 0.6) is 0 Å². The molecule has 3 saturated carbocycles. The summed E-state index contributed by atoms with van der Waals surface area (Å²) in [6.07, 6.45) is 1.43. The third kappa shape index (κ3) is 5.01. The first-order valence-corrected chi connectivity index (χ1v) is 12.9. The van der Waals surface area contributed by atoms with Crippen LogP contribution in [0.3, 0.4) is 0 Å². The third-order valence-corrected chi connectivity index (χ3v) is 8.39. The monoisotopic (exact) mass is 502 g/mol. The average Bonchev–Trinajstić information content (AvgIpc) is 3.09. The van der Waals surface area contributed by atoms with E-state index in [-0.39, 0.29) is 23.8 Å². The van der Waals surface area contributed by atoms with Crippen LogP contribution in [0, 0.1) is 23.1 Å². The zero-order chi connectivity index (χ0) is 26.7. The first-order chi connectivity index (χ1) is 16.5. The molecule has 4 aliphatic rings. The van der Waals surface area contributed by atoms with Crippen molar-refractivity contribution in [2.24, 2.45) is 17.3 Å². The summed E-state index contributed by atoms with van der Waals surface area (Å²) in [7, 11) is -0.740. The van der Waals surface area contributed by atoms with Crippen molar-refractivity contribution in [1.82, 2.24) is 10.6 Å². The maximum atomic E-state index is 14.6. The molecule has 2 N–H and O–H groups in total. The van der Waals surface area contributed by atoms with E-state index in [4.69, 9.17) is 14.0 Å². The Labute approximate surface area is 214 Å². The number of rotatable bonds is 6. The van der Waals surface area contributed by atoms with Crippen LogP contribution >= 0.6 is 0 Å². The molecular weight excluding hydrogens is 462 g/mol. The van der Waals surface area contributed by atoms with Crippen LogP contribution in [0.15, 0.2) is 24.3 Å². The fourth-order valence-electron chi connectivity index (χ4n) is 6.15. The minimum Gasteiger partial charge on any atom is -0.444 e. The molecule has 1 heterocycles. The van der Waals surface area contributed by atoms with E-state index in [0.29, 0.717) is 17.4 Å². The van der Waals surface area contributed by atoms with E-state index in [1.54, 1.807) is 52.8 Å². The fraction of sp³-hybridized carbons (Fsp3) is 0.704. The predicted octanol–water partition coefficient (Wildman–Crippen LogP) is 4.42. The molecule has 198 valence electrons. The van der Waals surface area contributed by atoms with Gasteiger partial charge < -0.3 is 24.7 Å². The Morgan fingerprint density at radius 1 is 1.17 bits per heavy atom. The van der Waals surface area contributed by atoms with E-state index in [0.717, 1.165) is 12.8 Å². The molecule has 4 fully saturated rings. The Kier molecular flexibility index (Phi) is 6.74. The number of halogens is 1. The van der Waals surface area contributed by atoms with Gasteiger partial charge in [0.15, 0.2) is 0 Å². The zero-order valence-electron chi connectivity index (χ0n) is 22.7. The molecule has 2 amide bonds. The molecule has 5 atom stereocenters. The van der Waals surface area contributed by atoms with Crippen LogP contribution in [0.25, 0.3) is 0 Å². The van der Waals surface area contributed by atoms with Gasteiger partial charge in [0.1, 0.15) is 17.0 Å². The highest BCUT2D eigenvalue weighted by Gasteiger charge is 2.68. The van der Waals surface area contributed by atoms with Crippen molar-refractivity contribution in [1.29, 1.82) is 0 Å². The van der Waals surface area contributed by atoms with Crippen LogP contribution in [0.1, 0.15) is 73.8 Å². The quantitative estimate of drug-likeness (QED) is 0.563. The molecule has 5 rings (SSSR count). The highest BCUT2D eigenvalue weighted by atomic mass is 19.1. The zero-order valence-corrected chi connectivity index (χ0v) is 22.7. The summed E-state index contributed by atoms with van der Waals surface area (Å²) >= 11 is 0. The molecule has 1 saturated heterocycles. The predicted molar refractivity (Wildman–Crippen MR) is 136 cm³/mol. The molecular formula is C27H40BFN2O5. The molecule has 1 aromatic carbocycles. The Bertz CT molecular complexity index is 1030. The summed E-state index contributed by atoms with van der Waals surface area (Å²) in [6, 6.07) is 6.49.